The van der Waals surface area contributed by atoms with Crippen LogP contribution in [0.15, 0.2) is 48.5 Å². The fourth-order valence-corrected chi connectivity index (χ4v) is 2.36. The van der Waals surface area contributed by atoms with Crippen LogP contribution in [-0.2, 0) is 4.79 Å². The van der Waals surface area contributed by atoms with E-state index in [4.69, 9.17) is 10.5 Å². The minimum atomic E-state index is -0.863. The molecule has 3 amide bonds. The molecule has 0 saturated heterocycles. The number of hydrogen-bond acceptors (Lipinski definition) is 4. The number of nitrogens with one attached hydrogen (secondary N) is 2. The van der Waals surface area contributed by atoms with Gasteiger partial charge in [-0.25, -0.2) is 4.79 Å². The summed E-state index contributed by atoms with van der Waals surface area (Å²) in [6.07, 6.45) is 0. The average Bonchev–Trinajstić information content (AvgIpc) is 2.56. The van der Waals surface area contributed by atoms with Gasteiger partial charge in [0.15, 0.2) is 0 Å². The minimum absolute atomic E-state index is 0.0342. The highest BCUT2D eigenvalue weighted by molar-refractivity contribution is 5.94. The van der Waals surface area contributed by atoms with Crippen molar-refractivity contribution in [3.8, 4) is 5.75 Å². The summed E-state index contributed by atoms with van der Waals surface area (Å²) in [5.41, 5.74) is 8.10. The first kappa shape index (κ1) is 17.5. The van der Waals surface area contributed by atoms with Gasteiger partial charge < -0.3 is 10.5 Å². The second kappa shape index (κ2) is 8.12. The average molecular weight is 327 g/mol. The number of urea groups is 1. The summed E-state index contributed by atoms with van der Waals surface area (Å²) in [6, 6.07) is 14.6. The maximum atomic E-state index is 11.7. The van der Waals surface area contributed by atoms with Gasteiger partial charge in [0.25, 0.3) is 0 Å². The van der Waals surface area contributed by atoms with Gasteiger partial charge in [0, 0.05) is 0 Å². The highest BCUT2D eigenvalue weighted by Gasteiger charge is 2.15. The monoisotopic (exact) mass is 327 g/mol. The van der Waals surface area contributed by atoms with Crippen molar-refractivity contribution in [2.75, 3.05) is 13.7 Å². The van der Waals surface area contributed by atoms with Crippen molar-refractivity contribution in [2.45, 2.75) is 13.0 Å². The Bertz CT molecular complexity index is 696. The molecule has 6 heteroatoms. The van der Waals surface area contributed by atoms with E-state index in [9.17, 15) is 9.59 Å². The SMILES string of the molecule is COc1ccc(C(NCC(=O)NC(N)=O)c2ccc(C)cc2)cc1. The number of primary amides is 1. The zero-order valence-corrected chi connectivity index (χ0v) is 13.7. The van der Waals surface area contributed by atoms with Crippen LogP contribution in [0.3, 0.4) is 0 Å². The number of aryl methyl sites for hydroxylation is 1. The van der Waals surface area contributed by atoms with Crippen LogP contribution in [0.25, 0.3) is 0 Å². The molecule has 2 rings (SSSR count). The first-order chi connectivity index (χ1) is 11.5. The van der Waals surface area contributed by atoms with Crippen molar-refractivity contribution >= 4 is 11.9 Å². The smallest absolute Gasteiger partial charge is 0.318 e. The lowest BCUT2D eigenvalue weighted by Crippen LogP contribution is -2.41. The van der Waals surface area contributed by atoms with Crippen LogP contribution in [0.2, 0.25) is 0 Å². The van der Waals surface area contributed by atoms with E-state index in [1.165, 1.54) is 0 Å². The van der Waals surface area contributed by atoms with Crippen LogP contribution in [0, 0.1) is 6.92 Å². The number of benzene rings is 2. The molecule has 0 aliphatic heterocycles. The number of rotatable bonds is 6. The van der Waals surface area contributed by atoms with E-state index in [0.29, 0.717) is 0 Å². The molecule has 0 spiro atoms. The van der Waals surface area contributed by atoms with Crippen LogP contribution in [0.5, 0.6) is 5.75 Å². The fourth-order valence-electron chi connectivity index (χ4n) is 2.36. The normalized spacial score (nSPS) is 11.6. The van der Waals surface area contributed by atoms with Crippen LogP contribution in [0.1, 0.15) is 22.7 Å². The van der Waals surface area contributed by atoms with Crippen LogP contribution in [-0.4, -0.2) is 25.6 Å². The molecule has 0 heterocycles. The molecule has 0 bridgehead atoms. The number of imide groups is 1. The molecule has 0 aliphatic carbocycles. The third kappa shape index (κ3) is 4.82. The summed E-state index contributed by atoms with van der Waals surface area (Å²) in [4.78, 5) is 22.4. The molecule has 4 N–H and O–H groups in total. The Morgan fingerprint density at radius 2 is 1.58 bits per heavy atom. The minimum Gasteiger partial charge on any atom is -0.497 e. The number of carbonyl (C=O) groups is 2. The molecule has 0 saturated carbocycles. The lowest BCUT2D eigenvalue weighted by molar-refractivity contribution is -0.119. The standard InChI is InChI=1S/C18H21N3O3/c1-12-3-5-13(6-4-12)17(20-11-16(22)21-18(19)23)14-7-9-15(24-2)10-8-14/h3-10,17,20H,11H2,1-2H3,(H3,19,21,22,23). The molecule has 126 valence electrons. The molecule has 6 nitrogen and oxygen atoms in total. The highest BCUT2D eigenvalue weighted by atomic mass is 16.5. The molecule has 0 radical (unpaired) electrons. The van der Waals surface area contributed by atoms with E-state index < -0.39 is 11.9 Å². The molecule has 0 aliphatic rings. The van der Waals surface area contributed by atoms with Gasteiger partial charge in [-0.2, -0.15) is 0 Å². The summed E-state index contributed by atoms with van der Waals surface area (Å²) >= 11 is 0. The van der Waals surface area contributed by atoms with Crippen molar-refractivity contribution in [3.63, 3.8) is 0 Å². The van der Waals surface area contributed by atoms with Gasteiger partial charge in [0.2, 0.25) is 5.91 Å². The zero-order chi connectivity index (χ0) is 17.5. The van der Waals surface area contributed by atoms with Crippen LogP contribution >= 0.6 is 0 Å². The largest absolute Gasteiger partial charge is 0.497 e. The third-order valence-electron chi connectivity index (χ3n) is 3.59. The first-order valence-corrected chi connectivity index (χ1v) is 7.53. The summed E-state index contributed by atoms with van der Waals surface area (Å²) in [5, 5.41) is 5.20. The van der Waals surface area contributed by atoms with Crippen molar-refractivity contribution in [1.82, 2.24) is 10.6 Å². The third-order valence-corrected chi connectivity index (χ3v) is 3.59. The molecule has 2 aromatic rings. The van der Waals surface area contributed by atoms with Gasteiger partial charge in [-0.1, -0.05) is 42.0 Å². The van der Waals surface area contributed by atoms with E-state index in [2.05, 4.69) is 5.32 Å². The fraction of sp³-hybridized carbons (Fsp3) is 0.222. The summed E-state index contributed by atoms with van der Waals surface area (Å²) in [5.74, 6) is 0.279. The maximum Gasteiger partial charge on any atom is 0.318 e. The van der Waals surface area contributed by atoms with E-state index in [-0.39, 0.29) is 12.6 Å². The first-order valence-electron chi connectivity index (χ1n) is 7.53. The Balaban J connectivity index is 2.21. The molecular formula is C18H21N3O3. The van der Waals surface area contributed by atoms with Gasteiger partial charge in [-0.05, 0) is 30.2 Å². The number of nitrogens with two attached hydrogens (primary N) is 1. The van der Waals surface area contributed by atoms with E-state index in [1.807, 2.05) is 60.8 Å². The molecule has 2 aromatic carbocycles. The lowest BCUT2D eigenvalue weighted by atomic mass is 9.97. The van der Waals surface area contributed by atoms with Gasteiger partial charge in [0.1, 0.15) is 5.75 Å². The number of methoxy groups -OCH3 is 1. The Kier molecular flexibility index (Phi) is 5.92. The maximum absolute atomic E-state index is 11.7. The lowest BCUT2D eigenvalue weighted by Gasteiger charge is -2.20. The van der Waals surface area contributed by atoms with E-state index in [1.54, 1.807) is 7.11 Å². The van der Waals surface area contributed by atoms with Crippen molar-refractivity contribution in [1.29, 1.82) is 0 Å². The van der Waals surface area contributed by atoms with E-state index in [0.717, 1.165) is 22.4 Å². The molecule has 0 aromatic heterocycles. The van der Waals surface area contributed by atoms with Crippen molar-refractivity contribution in [2.24, 2.45) is 5.73 Å². The Morgan fingerprint density at radius 1 is 1.04 bits per heavy atom. The van der Waals surface area contributed by atoms with Gasteiger partial charge >= 0.3 is 6.03 Å². The van der Waals surface area contributed by atoms with E-state index >= 15 is 0 Å². The van der Waals surface area contributed by atoms with Gasteiger partial charge in [0.05, 0.1) is 19.7 Å². The van der Waals surface area contributed by atoms with Crippen molar-refractivity contribution < 1.29 is 14.3 Å². The second-order valence-corrected chi connectivity index (χ2v) is 5.41. The summed E-state index contributed by atoms with van der Waals surface area (Å²) in [6.45, 7) is 1.98. The predicted molar refractivity (Wildman–Crippen MR) is 91.7 cm³/mol. The number of ether oxygens (including phenoxy) is 1. The molecule has 1 atom stereocenters. The van der Waals surface area contributed by atoms with Gasteiger partial charge in [-0.3, -0.25) is 15.4 Å². The summed E-state index contributed by atoms with van der Waals surface area (Å²) in [7, 11) is 1.61. The molecule has 0 fully saturated rings. The Labute approximate surface area is 141 Å². The highest BCUT2D eigenvalue weighted by Crippen LogP contribution is 2.24. The van der Waals surface area contributed by atoms with Crippen LogP contribution in [0.4, 0.5) is 4.79 Å². The van der Waals surface area contributed by atoms with Crippen molar-refractivity contribution in [3.05, 3.63) is 65.2 Å². The second-order valence-electron chi connectivity index (χ2n) is 5.41. The van der Waals surface area contributed by atoms with Crippen LogP contribution < -0.4 is 21.1 Å². The summed E-state index contributed by atoms with van der Waals surface area (Å²) < 4.78 is 5.18. The van der Waals surface area contributed by atoms with Gasteiger partial charge in [-0.15, -0.1) is 0 Å². The quantitative estimate of drug-likeness (QED) is 0.755. The predicted octanol–water partition coefficient (Wildman–Crippen LogP) is 1.88. The molecule has 1 unspecified atom stereocenters. The Morgan fingerprint density at radius 3 is 2.08 bits per heavy atom. The molecule has 24 heavy (non-hydrogen) atoms. The topological polar surface area (TPSA) is 93.4 Å². The number of amides is 3. The zero-order valence-electron chi connectivity index (χ0n) is 13.7. The number of hydrogen-bond donors (Lipinski definition) is 3. The molecular weight excluding hydrogens is 306 g/mol. The Hall–Kier alpha value is -2.86. The number of carbonyl (C=O) groups excluding carboxylic acids is 2.